The lowest BCUT2D eigenvalue weighted by atomic mass is 9.87. The van der Waals surface area contributed by atoms with Crippen LogP contribution in [0.15, 0.2) is 236 Å². The number of halogens is 2. The van der Waals surface area contributed by atoms with Gasteiger partial charge in [0, 0.05) is 51.6 Å². The van der Waals surface area contributed by atoms with Crippen molar-refractivity contribution in [3.8, 4) is 0 Å². The largest absolute Gasteiger partial charge is 0.342 e. The first-order valence-electron chi connectivity index (χ1n) is 24.8. The normalized spacial score (nSPS) is 20.3. The fourth-order valence-electron chi connectivity index (χ4n) is 10.1. The van der Waals surface area contributed by atoms with Gasteiger partial charge in [-0.05, 0) is 208 Å². The van der Waals surface area contributed by atoms with Gasteiger partial charge in [-0.15, -0.1) is 0 Å². The highest BCUT2D eigenvalue weighted by molar-refractivity contribution is 14.2. The zero-order valence-corrected chi connectivity index (χ0v) is 45.8. The smallest absolute Gasteiger partial charge is 0.0787 e. The van der Waals surface area contributed by atoms with Crippen LogP contribution in [0.1, 0.15) is 97.5 Å². The average molecular weight is 1140 g/mol. The molecule has 6 aliphatic rings. The molecule has 2 heterocycles. The van der Waals surface area contributed by atoms with Crippen LogP contribution in [-0.2, 0) is 0 Å². The van der Waals surface area contributed by atoms with Gasteiger partial charge in [0.2, 0.25) is 0 Å². The summed E-state index contributed by atoms with van der Waals surface area (Å²) in [6.07, 6.45) is 49.2. The summed E-state index contributed by atoms with van der Waals surface area (Å²) >= 11 is -0.482. The summed E-state index contributed by atoms with van der Waals surface area (Å²) in [4.78, 5) is 10.2. The van der Waals surface area contributed by atoms with Gasteiger partial charge in [0.05, 0.1) is 13.3 Å². The second-order valence-electron chi connectivity index (χ2n) is 18.7. The maximum Gasteiger partial charge on any atom is 0.0787 e. The first-order valence-corrected chi connectivity index (χ1v) is 29.4. The highest BCUT2D eigenvalue weighted by Gasteiger charge is 2.29. The molecule has 0 fully saturated rings. The molecule has 2 aromatic carbocycles. The molecule has 0 radical (unpaired) electrons. The van der Waals surface area contributed by atoms with Crippen molar-refractivity contribution >= 4 is 65.8 Å². The molecule has 0 aromatic heterocycles. The highest BCUT2D eigenvalue weighted by Crippen LogP contribution is 2.40. The maximum atomic E-state index is 4.82. The summed E-state index contributed by atoms with van der Waals surface area (Å²) in [5.41, 5.74) is 17.8. The van der Waals surface area contributed by atoms with E-state index in [2.05, 4.69) is 214 Å². The third-order valence-corrected chi connectivity index (χ3v) is 17.9. The molecule has 0 spiro atoms. The van der Waals surface area contributed by atoms with Crippen molar-refractivity contribution in [3.05, 3.63) is 242 Å². The summed E-state index contributed by atoms with van der Waals surface area (Å²) in [6.45, 7) is 24.1. The number of allylic oxidation sites excluding steroid dienone is 21. The average Bonchev–Trinajstić information content (AvgIpc) is 3.36. The maximum absolute atomic E-state index is 4.82. The van der Waals surface area contributed by atoms with Gasteiger partial charge in [-0.2, -0.15) is 0 Å². The van der Waals surface area contributed by atoms with Crippen molar-refractivity contribution in [1.82, 2.24) is 4.90 Å². The monoisotopic (exact) mass is 1140 g/mol. The van der Waals surface area contributed by atoms with E-state index in [9.17, 15) is 0 Å². The second-order valence-corrected chi connectivity index (χ2v) is 23.6. The predicted octanol–water partition coefficient (Wildman–Crippen LogP) is 17.6. The molecular weight excluding hydrogens is 1070 g/mol. The van der Waals surface area contributed by atoms with Crippen molar-refractivity contribution in [2.24, 2.45) is 0 Å². The Morgan fingerprint density at radius 2 is 1.49 bits per heavy atom. The molecule has 4 aliphatic carbocycles. The quantitative estimate of drug-likeness (QED) is 0.109. The van der Waals surface area contributed by atoms with Crippen LogP contribution in [0.3, 0.4) is 0 Å². The Morgan fingerprint density at radius 3 is 2.12 bits per heavy atom. The van der Waals surface area contributed by atoms with E-state index in [0.717, 1.165) is 81.2 Å². The van der Waals surface area contributed by atoms with Gasteiger partial charge in [-0.1, -0.05) is 145 Å². The number of benzene rings is 2. The van der Waals surface area contributed by atoms with E-state index in [1.54, 1.807) is 0 Å². The standard InChI is InChI=1S/C63H70I2N4/c1-9-51(26-25-50(8)66(62-24-14-15-40-64-62)55-31-33-57(34-32-55)67(53(10-2)42-46(3)4)60-22-16-18-47(5)43-60)52-27-29-56(30-28-52)68(54-20-12-11-13-21-54)58-35-37-59(38-36-58)69(61-23-17-19-48(6)44-61)63-45-49(7)39-41-65-63/h9-12,14-20,22,24,27,31,33,35-45,56,61H,2-3,8,13,21,23,25-26,28-30,32,34H2,1,4-7H3/b51-9+,53-42+/t56?,61-/m1/s1. The third-order valence-electron chi connectivity index (χ3n) is 13.4. The van der Waals surface area contributed by atoms with E-state index in [1.165, 1.54) is 69.3 Å². The van der Waals surface area contributed by atoms with Crippen molar-refractivity contribution in [3.63, 3.8) is 0 Å². The van der Waals surface area contributed by atoms with Crippen LogP contribution >= 0.6 is 41.5 Å². The molecule has 0 saturated heterocycles. The summed E-state index contributed by atoms with van der Waals surface area (Å²) in [7, 11) is 0. The molecule has 0 amide bonds. The van der Waals surface area contributed by atoms with Gasteiger partial charge in [-0.3, -0.25) is 0 Å². The Kier molecular flexibility index (Phi) is 17.4. The van der Waals surface area contributed by atoms with Crippen LogP contribution in [-0.4, -0.2) is 24.2 Å². The van der Waals surface area contributed by atoms with Crippen LogP contribution in [0, 0.1) is 6.92 Å². The molecule has 69 heavy (non-hydrogen) atoms. The Morgan fingerprint density at radius 1 is 0.725 bits per heavy atom. The number of hydrogen-bond acceptors (Lipinski definition) is 4. The predicted molar refractivity (Wildman–Crippen MR) is 320 cm³/mol. The fraction of sp³-hybridized carbons (Fsp3) is 0.270. The molecule has 0 bridgehead atoms. The first-order chi connectivity index (χ1) is 33.6. The van der Waals surface area contributed by atoms with E-state index in [1.807, 2.05) is 13.0 Å². The van der Waals surface area contributed by atoms with Crippen molar-refractivity contribution in [2.75, 3.05) is 14.7 Å². The molecule has 0 saturated carbocycles. The van der Waals surface area contributed by atoms with E-state index < -0.39 is 0 Å². The number of hydrogen-bond donors (Lipinski definition) is 0. The summed E-state index contributed by atoms with van der Waals surface area (Å²) in [5, 5.41) is 0. The molecule has 2 atom stereocenters. The van der Waals surface area contributed by atoms with E-state index in [0.29, 0.717) is 12.1 Å². The lowest BCUT2D eigenvalue weighted by molar-refractivity contribution is 0.549. The van der Waals surface area contributed by atoms with Crippen LogP contribution in [0.4, 0.5) is 17.1 Å². The topological polar surface area (TPSA) is 13.0 Å². The molecule has 356 valence electrons. The second kappa shape index (κ2) is 24.0. The third kappa shape index (κ3) is 12.5. The van der Waals surface area contributed by atoms with Gasteiger partial charge in [-0.25, -0.2) is 0 Å². The Hall–Kier alpha value is -5.32. The SMILES string of the molecule is C=C/C(=C\C(=C)C)N(C1=CC=C(N(C(=C)CC/C(=C\C)C2=CCC(N(C3=CC=CCC3)c3ccc(N(C4=IC=CC(C)=C4)[C@H]4C=C(C)C=CC4)cc3)CC2)C2=IC=CC=C2)CC1)c1cccc(C)c1. The molecule has 4 nitrogen and oxygen atoms in total. The minimum Gasteiger partial charge on any atom is -0.342 e. The Labute approximate surface area is 434 Å². The highest BCUT2D eigenvalue weighted by atomic mass is 127. The van der Waals surface area contributed by atoms with Crippen molar-refractivity contribution in [1.29, 1.82) is 0 Å². The minimum atomic E-state index is -0.278. The van der Waals surface area contributed by atoms with Gasteiger partial charge < -0.3 is 19.6 Å². The minimum absolute atomic E-state index is 0.204. The van der Waals surface area contributed by atoms with Crippen LogP contribution < -0.4 is 14.7 Å². The lowest BCUT2D eigenvalue weighted by Crippen LogP contribution is -2.39. The number of nitrogens with zero attached hydrogens (tertiary/aromatic N) is 4. The van der Waals surface area contributed by atoms with Crippen molar-refractivity contribution in [2.45, 2.75) is 111 Å². The lowest BCUT2D eigenvalue weighted by Gasteiger charge is -2.39. The molecular formula is C63H70I2N4. The summed E-state index contributed by atoms with van der Waals surface area (Å²) < 4.78 is 7.64. The van der Waals surface area contributed by atoms with Crippen molar-refractivity contribution < 1.29 is 0 Å². The summed E-state index contributed by atoms with van der Waals surface area (Å²) in [6, 6.07) is 19.0. The fourth-order valence-corrected chi connectivity index (χ4v) is 15.0. The molecule has 0 N–H and O–H groups in total. The van der Waals surface area contributed by atoms with Crippen LogP contribution in [0.2, 0.25) is 0 Å². The van der Waals surface area contributed by atoms with Gasteiger partial charge in [0.15, 0.2) is 0 Å². The van der Waals surface area contributed by atoms with Gasteiger partial charge in [0.1, 0.15) is 0 Å². The first kappa shape index (κ1) is 50.1. The van der Waals surface area contributed by atoms with Gasteiger partial charge >= 0.3 is 0 Å². The summed E-state index contributed by atoms with van der Waals surface area (Å²) in [5.74, 6) is 0. The van der Waals surface area contributed by atoms with Crippen LogP contribution in [0.25, 0.3) is 0 Å². The molecule has 2 aromatic rings. The number of aryl methyl sites for hydroxylation is 1. The number of rotatable bonds is 18. The van der Waals surface area contributed by atoms with E-state index in [4.69, 9.17) is 6.58 Å². The molecule has 6 heteroatoms. The van der Waals surface area contributed by atoms with Gasteiger partial charge in [0.25, 0.3) is 0 Å². The zero-order valence-electron chi connectivity index (χ0n) is 41.5. The molecule has 1 unspecified atom stereocenters. The number of anilines is 3. The molecule has 2 aliphatic heterocycles. The van der Waals surface area contributed by atoms with Crippen LogP contribution in [0.5, 0.6) is 0 Å². The zero-order chi connectivity index (χ0) is 48.3. The Bertz CT molecular complexity index is 2800. The molecule has 8 rings (SSSR count). The van der Waals surface area contributed by atoms with E-state index in [-0.39, 0.29) is 41.5 Å². The van der Waals surface area contributed by atoms with E-state index >= 15 is 0 Å². The Balaban J connectivity index is 0.993.